The SMILES string of the molecule is O=C(O)C(=COCCCCCC1CO1)CC12CC3CC(CC(C3)C1)C2. The van der Waals surface area contributed by atoms with Gasteiger partial charge in [-0.15, -0.1) is 0 Å². The molecular weight excluding hydrogens is 316 g/mol. The van der Waals surface area contributed by atoms with Crippen LogP contribution in [0.5, 0.6) is 0 Å². The van der Waals surface area contributed by atoms with Crippen LogP contribution in [0.25, 0.3) is 0 Å². The summed E-state index contributed by atoms with van der Waals surface area (Å²) in [5, 5.41) is 9.62. The Kier molecular flexibility index (Phi) is 5.08. The molecule has 0 aromatic rings. The van der Waals surface area contributed by atoms with Gasteiger partial charge >= 0.3 is 5.97 Å². The van der Waals surface area contributed by atoms with Crippen molar-refractivity contribution in [2.24, 2.45) is 23.2 Å². The molecule has 5 fully saturated rings. The summed E-state index contributed by atoms with van der Waals surface area (Å²) >= 11 is 0. The van der Waals surface area contributed by atoms with Crippen molar-refractivity contribution in [3.63, 3.8) is 0 Å². The van der Waals surface area contributed by atoms with E-state index in [4.69, 9.17) is 9.47 Å². The molecule has 5 aliphatic rings. The summed E-state index contributed by atoms with van der Waals surface area (Å²) < 4.78 is 10.8. The van der Waals surface area contributed by atoms with E-state index in [1.165, 1.54) is 44.9 Å². The third-order valence-electron chi connectivity index (χ3n) is 6.92. The average Bonchev–Trinajstić information content (AvgIpc) is 3.35. The van der Waals surface area contributed by atoms with Crippen LogP contribution >= 0.6 is 0 Å². The van der Waals surface area contributed by atoms with Gasteiger partial charge in [0.1, 0.15) is 0 Å². The van der Waals surface area contributed by atoms with Gasteiger partial charge in [0, 0.05) is 0 Å². The van der Waals surface area contributed by atoms with Crippen LogP contribution in [0.1, 0.15) is 70.6 Å². The van der Waals surface area contributed by atoms with Crippen molar-refractivity contribution in [1.29, 1.82) is 0 Å². The van der Waals surface area contributed by atoms with Crippen molar-refractivity contribution in [3.8, 4) is 0 Å². The summed E-state index contributed by atoms with van der Waals surface area (Å²) in [5.41, 5.74) is 0.750. The summed E-state index contributed by atoms with van der Waals surface area (Å²) in [6, 6.07) is 0. The molecule has 1 aliphatic heterocycles. The minimum absolute atomic E-state index is 0.257. The Morgan fingerprint density at radius 3 is 2.28 bits per heavy atom. The highest BCUT2D eigenvalue weighted by Crippen LogP contribution is 2.62. The van der Waals surface area contributed by atoms with Crippen molar-refractivity contribution in [1.82, 2.24) is 0 Å². The van der Waals surface area contributed by atoms with Crippen LogP contribution in [0.3, 0.4) is 0 Å². The van der Waals surface area contributed by atoms with Crippen molar-refractivity contribution >= 4 is 5.97 Å². The number of rotatable bonds is 10. The van der Waals surface area contributed by atoms with Gasteiger partial charge in [0.25, 0.3) is 0 Å². The molecule has 0 radical (unpaired) electrons. The number of aliphatic carboxylic acids is 1. The van der Waals surface area contributed by atoms with E-state index in [-0.39, 0.29) is 5.41 Å². The fourth-order valence-electron chi connectivity index (χ4n) is 6.21. The van der Waals surface area contributed by atoms with E-state index in [1.807, 2.05) is 0 Å². The van der Waals surface area contributed by atoms with Gasteiger partial charge in [-0.1, -0.05) is 6.42 Å². The average molecular weight is 348 g/mol. The number of ether oxygens (including phenoxy) is 2. The molecule has 0 amide bonds. The molecule has 4 saturated carbocycles. The molecule has 1 saturated heterocycles. The highest BCUT2D eigenvalue weighted by Gasteiger charge is 2.51. The molecule has 25 heavy (non-hydrogen) atoms. The molecule has 1 N–H and O–H groups in total. The Morgan fingerprint density at radius 2 is 1.72 bits per heavy atom. The van der Waals surface area contributed by atoms with Crippen molar-refractivity contribution in [2.75, 3.05) is 13.2 Å². The lowest BCUT2D eigenvalue weighted by molar-refractivity contribution is -0.134. The van der Waals surface area contributed by atoms with Gasteiger partial charge in [0.15, 0.2) is 0 Å². The predicted molar refractivity (Wildman–Crippen MR) is 95.1 cm³/mol. The first kappa shape index (κ1) is 17.4. The lowest BCUT2D eigenvalue weighted by atomic mass is 9.48. The number of unbranched alkanes of at least 4 members (excludes halogenated alkanes) is 2. The predicted octanol–water partition coefficient (Wildman–Crippen LogP) is 4.54. The van der Waals surface area contributed by atoms with Crippen LogP contribution < -0.4 is 0 Å². The second-order valence-electron chi connectivity index (χ2n) is 9.22. The van der Waals surface area contributed by atoms with E-state index in [0.717, 1.165) is 43.6 Å². The van der Waals surface area contributed by atoms with Crippen LogP contribution in [0.4, 0.5) is 0 Å². The molecule has 4 bridgehead atoms. The number of hydrogen-bond donors (Lipinski definition) is 1. The number of carbonyl (C=O) groups is 1. The van der Waals surface area contributed by atoms with E-state index < -0.39 is 5.97 Å². The van der Waals surface area contributed by atoms with E-state index in [0.29, 0.717) is 24.7 Å². The van der Waals surface area contributed by atoms with Crippen LogP contribution in [-0.2, 0) is 14.3 Å². The quantitative estimate of drug-likeness (QED) is 0.273. The number of epoxide rings is 1. The Balaban J connectivity index is 1.25. The molecule has 1 unspecified atom stereocenters. The molecule has 1 heterocycles. The minimum atomic E-state index is -0.790. The summed E-state index contributed by atoms with van der Waals surface area (Å²) in [5.74, 6) is 1.79. The van der Waals surface area contributed by atoms with Gasteiger partial charge in [-0.25, -0.2) is 4.79 Å². The first-order valence-corrected chi connectivity index (χ1v) is 10.3. The van der Waals surface area contributed by atoms with E-state index in [1.54, 1.807) is 6.26 Å². The zero-order chi connectivity index (χ0) is 17.3. The summed E-state index contributed by atoms with van der Waals surface area (Å²) in [7, 11) is 0. The third-order valence-corrected chi connectivity index (χ3v) is 6.92. The zero-order valence-corrected chi connectivity index (χ0v) is 15.3. The maximum absolute atomic E-state index is 11.7. The molecule has 0 spiro atoms. The van der Waals surface area contributed by atoms with Gasteiger partial charge in [-0.2, -0.15) is 0 Å². The molecular formula is C21H32O4. The molecule has 1 atom stereocenters. The number of carboxylic acids is 1. The van der Waals surface area contributed by atoms with Gasteiger partial charge in [0.2, 0.25) is 0 Å². The lowest BCUT2D eigenvalue weighted by Crippen LogP contribution is -2.46. The molecule has 140 valence electrons. The lowest BCUT2D eigenvalue weighted by Gasteiger charge is -2.57. The standard InChI is InChI=1S/C21H32O4/c22-20(23)18(13-24-5-3-1-2-4-19-14-25-19)12-21-9-15-6-16(10-21)8-17(7-15)11-21/h13,15-17,19H,1-12,14H2,(H,22,23). The highest BCUT2D eigenvalue weighted by molar-refractivity contribution is 5.86. The second-order valence-corrected chi connectivity index (χ2v) is 9.22. The van der Waals surface area contributed by atoms with Gasteiger partial charge < -0.3 is 14.6 Å². The Labute approximate surface area is 151 Å². The largest absolute Gasteiger partial charge is 0.501 e. The monoisotopic (exact) mass is 348 g/mol. The van der Waals surface area contributed by atoms with Crippen LogP contribution in [0.2, 0.25) is 0 Å². The highest BCUT2D eigenvalue weighted by atomic mass is 16.6. The fourth-order valence-corrected chi connectivity index (χ4v) is 6.21. The van der Waals surface area contributed by atoms with E-state index >= 15 is 0 Å². The summed E-state index contributed by atoms with van der Waals surface area (Å²) in [6.45, 7) is 1.56. The number of hydrogen-bond acceptors (Lipinski definition) is 3. The maximum atomic E-state index is 11.7. The van der Waals surface area contributed by atoms with Gasteiger partial charge in [-0.05, 0) is 87.4 Å². The normalized spacial score (nSPS) is 38.8. The molecule has 0 aromatic heterocycles. The second kappa shape index (κ2) is 7.30. The Hall–Kier alpha value is -1.03. The first-order valence-electron chi connectivity index (χ1n) is 10.3. The molecule has 4 heteroatoms. The minimum Gasteiger partial charge on any atom is -0.501 e. The fraction of sp³-hybridized carbons (Fsp3) is 0.857. The molecule has 4 aliphatic carbocycles. The Morgan fingerprint density at radius 1 is 1.08 bits per heavy atom. The van der Waals surface area contributed by atoms with E-state index in [2.05, 4.69) is 0 Å². The van der Waals surface area contributed by atoms with Crippen LogP contribution in [0, 0.1) is 23.2 Å². The van der Waals surface area contributed by atoms with Crippen LogP contribution in [-0.4, -0.2) is 30.4 Å². The summed E-state index contributed by atoms with van der Waals surface area (Å²) in [4.78, 5) is 11.7. The molecule has 5 rings (SSSR count). The molecule has 4 nitrogen and oxygen atoms in total. The van der Waals surface area contributed by atoms with Gasteiger partial charge in [-0.3, -0.25) is 0 Å². The number of carboxylic acid groups (broad SMARTS) is 1. The van der Waals surface area contributed by atoms with Crippen molar-refractivity contribution in [2.45, 2.75) is 76.7 Å². The van der Waals surface area contributed by atoms with Crippen molar-refractivity contribution in [3.05, 3.63) is 11.8 Å². The van der Waals surface area contributed by atoms with Crippen molar-refractivity contribution < 1.29 is 19.4 Å². The van der Waals surface area contributed by atoms with E-state index in [9.17, 15) is 9.90 Å². The topological polar surface area (TPSA) is 59.1 Å². The van der Waals surface area contributed by atoms with Crippen LogP contribution in [0.15, 0.2) is 11.8 Å². The maximum Gasteiger partial charge on any atom is 0.334 e. The molecule has 0 aromatic carbocycles. The van der Waals surface area contributed by atoms with Gasteiger partial charge in [0.05, 0.1) is 31.2 Å². The zero-order valence-electron chi connectivity index (χ0n) is 15.3. The smallest absolute Gasteiger partial charge is 0.334 e. The summed E-state index contributed by atoms with van der Waals surface area (Å²) in [6.07, 6.45) is 15.2. The first-order chi connectivity index (χ1) is 12.1. The third kappa shape index (κ3) is 4.39. The Bertz CT molecular complexity index is 485.